The second-order valence-corrected chi connectivity index (χ2v) is 5.62. The van der Waals surface area contributed by atoms with Crippen LogP contribution in [0.4, 0.5) is 4.39 Å². The average Bonchev–Trinajstić information content (AvgIpc) is 2.61. The summed E-state index contributed by atoms with van der Waals surface area (Å²) in [6.07, 6.45) is 0.0476. The molecule has 0 radical (unpaired) electrons. The van der Waals surface area contributed by atoms with Crippen LogP contribution in [-0.4, -0.2) is 70.3 Å². The molecule has 0 saturated heterocycles. The van der Waals surface area contributed by atoms with Crippen LogP contribution in [0.3, 0.4) is 0 Å². The maximum absolute atomic E-state index is 13.2. The van der Waals surface area contributed by atoms with Crippen LogP contribution >= 0.6 is 0 Å². The first-order valence-electron chi connectivity index (χ1n) is 9.34. The molecule has 1 amide bonds. The van der Waals surface area contributed by atoms with Gasteiger partial charge in [-0.3, -0.25) is 4.79 Å². The van der Waals surface area contributed by atoms with Crippen molar-refractivity contribution in [2.75, 3.05) is 46.1 Å². The molecule has 0 aromatic carbocycles. The zero-order valence-corrected chi connectivity index (χ0v) is 16.9. The lowest BCUT2D eigenvalue weighted by Crippen LogP contribution is -2.33. The molecular formula is C18H39FN2O4. The largest absolute Gasteiger partial charge is 0.377 e. The lowest BCUT2D eigenvalue weighted by Gasteiger charge is -2.17. The fourth-order valence-corrected chi connectivity index (χ4v) is 1.62. The maximum atomic E-state index is 13.2. The number of carbonyl (C=O) groups is 1. The molecule has 0 aromatic heterocycles. The molecule has 0 bridgehead atoms. The average molecular weight is 367 g/mol. The third-order valence-electron chi connectivity index (χ3n) is 3.24. The predicted molar refractivity (Wildman–Crippen MR) is 99.7 cm³/mol. The van der Waals surface area contributed by atoms with E-state index < -0.39 is 6.17 Å². The molecule has 3 unspecified atom stereocenters. The van der Waals surface area contributed by atoms with Crippen molar-refractivity contribution in [2.24, 2.45) is 0 Å². The Morgan fingerprint density at radius 2 is 1.64 bits per heavy atom. The molecule has 0 aliphatic carbocycles. The van der Waals surface area contributed by atoms with E-state index in [4.69, 9.17) is 14.2 Å². The van der Waals surface area contributed by atoms with Gasteiger partial charge in [0.05, 0.1) is 45.7 Å². The molecule has 0 aromatic rings. The van der Waals surface area contributed by atoms with Gasteiger partial charge in [-0.15, -0.1) is 0 Å². The first-order chi connectivity index (χ1) is 12.0. The molecule has 0 saturated carbocycles. The van der Waals surface area contributed by atoms with Crippen molar-refractivity contribution in [3.8, 4) is 0 Å². The highest BCUT2D eigenvalue weighted by Crippen LogP contribution is 1.94. The van der Waals surface area contributed by atoms with E-state index in [2.05, 4.69) is 24.5 Å². The smallest absolute Gasteiger partial charge is 0.216 e. The highest BCUT2D eigenvalue weighted by atomic mass is 19.1. The van der Waals surface area contributed by atoms with E-state index in [1.807, 2.05) is 20.8 Å². The van der Waals surface area contributed by atoms with E-state index in [0.29, 0.717) is 32.5 Å². The van der Waals surface area contributed by atoms with Crippen LogP contribution in [0.15, 0.2) is 0 Å². The molecule has 0 aliphatic heterocycles. The van der Waals surface area contributed by atoms with Gasteiger partial charge in [0.2, 0.25) is 5.91 Å². The number of carbonyl (C=O) groups excluding carboxylic acids is 1. The highest BCUT2D eigenvalue weighted by molar-refractivity contribution is 5.72. The maximum Gasteiger partial charge on any atom is 0.216 e. The van der Waals surface area contributed by atoms with E-state index in [9.17, 15) is 9.18 Å². The van der Waals surface area contributed by atoms with Crippen molar-refractivity contribution in [1.82, 2.24) is 10.6 Å². The van der Waals surface area contributed by atoms with E-state index in [1.54, 1.807) is 0 Å². The zero-order valence-electron chi connectivity index (χ0n) is 16.9. The van der Waals surface area contributed by atoms with Crippen LogP contribution in [0.2, 0.25) is 0 Å². The number of rotatable bonds is 15. The normalized spacial score (nSPS) is 14.2. The molecule has 7 heteroatoms. The number of nitrogens with one attached hydrogen (secondary N) is 2. The van der Waals surface area contributed by atoms with Crippen LogP contribution in [-0.2, 0) is 19.0 Å². The molecule has 3 atom stereocenters. The Kier molecular flexibility index (Phi) is 20.7. The first kappa shape index (κ1) is 26.5. The standard InChI is InChI=1S/C16H33FN2O4.C2H6/c1-5-13(2)18-10-14(3)23-9-8-21-6-7-22-12-16(17)11-19-15(4)20;1-2/h13-14,16,18H,5-12H2,1-4H3,(H,19,20);1-2H3. The van der Waals surface area contributed by atoms with E-state index >= 15 is 0 Å². The Hall–Kier alpha value is -0.760. The third-order valence-corrected chi connectivity index (χ3v) is 3.24. The topological polar surface area (TPSA) is 68.8 Å². The van der Waals surface area contributed by atoms with Crippen molar-refractivity contribution in [3.63, 3.8) is 0 Å². The van der Waals surface area contributed by atoms with Crippen molar-refractivity contribution in [3.05, 3.63) is 0 Å². The molecule has 25 heavy (non-hydrogen) atoms. The Labute approximate surface area is 153 Å². The molecule has 152 valence electrons. The minimum Gasteiger partial charge on any atom is -0.377 e. The van der Waals surface area contributed by atoms with Crippen molar-refractivity contribution >= 4 is 5.91 Å². The van der Waals surface area contributed by atoms with Gasteiger partial charge in [-0.1, -0.05) is 20.8 Å². The van der Waals surface area contributed by atoms with Crippen LogP contribution in [0, 0.1) is 0 Å². The molecular weight excluding hydrogens is 327 g/mol. The Morgan fingerprint density at radius 1 is 1.04 bits per heavy atom. The SMILES string of the molecule is CC.CCC(C)NCC(C)OCCOCCOCC(F)CNC(C)=O. The lowest BCUT2D eigenvalue weighted by molar-refractivity contribution is -0.119. The van der Waals surface area contributed by atoms with Gasteiger partial charge in [0.15, 0.2) is 0 Å². The number of ether oxygens (including phenoxy) is 3. The number of hydrogen-bond acceptors (Lipinski definition) is 5. The first-order valence-corrected chi connectivity index (χ1v) is 9.34. The molecule has 6 nitrogen and oxygen atoms in total. The number of amides is 1. The summed E-state index contributed by atoms with van der Waals surface area (Å²) in [5.74, 6) is -0.246. The summed E-state index contributed by atoms with van der Waals surface area (Å²) >= 11 is 0. The van der Waals surface area contributed by atoms with Crippen LogP contribution < -0.4 is 10.6 Å². The molecule has 0 aliphatic rings. The Morgan fingerprint density at radius 3 is 2.24 bits per heavy atom. The molecule has 2 N–H and O–H groups in total. The summed E-state index contributed by atoms with van der Waals surface area (Å²) in [5, 5.41) is 5.78. The highest BCUT2D eigenvalue weighted by Gasteiger charge is 2.07. The van der Waals surface area contributed by atoms with E-state index in [0.717, 1.165) is 13.0 Å². The summed E-state index contributed by atoms with van der Waals surface area (Å²) in [7, 11) is 0. The van der Waals surface area contributed by atoms with Gasteiger partial charge >= 0.3 is 0 Å². The molecule has 0 fully saturated rings. The summed E-state index contributed by atoms with van der Waals surface area (Å²) < 4.78 is 29.3. The van der Waals surface area contributed by atoms with Gasteiger partial charge < -0.3 is 24.8 Å². The number of halogens is 1. The second kappa shape index (κ2) is 19.6. The van der Waals surface area contributed by atoms with Gasteiger partial charge in [-0.25, -0.2) is 4.39 Å². The summed E-state index contributed by atoms with van der Waals surface area (Å²) in [6, 6.07) is 0.499. The monoisotopic (exact) mass is 366 g/mol. The van der Waals surface area contributed by atoms with E-state index in [1.165, 1.54) is 6.92 Å². The van der Waals surface area contributed by atoms with Gasteiger partial charge in [-0.2, -0.15) is 0 Å². The molecule has 0 heterocycles. The van der Waals surface area contributed by atoms with Crippen LogP contribution in [0.5, 0.6) is 0 Å². The summed E-state index contributed by atoms with van der Waals surface area (Å²) in [5.41, 5.74) is 0. The van der Waals surface area contributed by atoms with Crippen molar-refractivity contribution in [2.45, 2.75) is 66.3 Å². The van der Waals surface area contributed by atoms with Crippen molar-refractivity contribution < 1.29 is 23.4 Å². The Balaban J connectivity index is 0. The van der Waals surface area contributed by atoms with Crippen LogP contribution in [0.25, 0.3) is 0 Å². The third kappa shape index (κ3) is 21.2. The summed E-state index contributed by atoms with van der Waals surface area (Å²) in [4.78, 5) is 10.6. The van der Waals surface area contributed by atoms with Gasteiger partial charge in [-0.05, 0) is 20.3 Å². The van der Waals surface area contributed by atoms with Crippen molar-refractivity contribution in [1.29, 1.82) is 0 Å². The Bertz CT molecular complexity index is 296. The fourth-order valence-electron chi connectivity index (χ4n) is 1.62. The lowest BCUT2D eigenvalue weighted by atomic mass is 10.2. The fraction of sp³-hybridized carbons (Fsp3) is 0.944. The van der Waals surface area contributed by atoms with Crippen LogP contribution in [0.1, 0.15) is 48.0 Å². The molecule has 0 rings (SSSR count). The predicted octanol–water partition coefficient (Wildman–Crippen LogP) is 2.31. The van der Waals surface area contributed by atoms with E-state index in [-0.39, 0.29) is 25.2 Å². The minimum atomic E-state index is -1.19. The van der Waals surface area contributed by atoms with Gasteiger partial charge in [0, 0.05) is 19.5 Å². The quantitative estimate of drug-likeness (QED) is 0.435. The van der Waals surface area contributed by atoms with Gasteiger partial charge in [0.1, 0.15) is 6.17 Å². The number of alkyl halides is 1. The second-order valence-electron chi connectivity index (χ2n) is 5.62. The number of hydrogen-bond donors (Lipinski definition) is 2. The summed E-state index contributed by atoms with van der Waals surface area (Å²) in [6.45, 7) is 14.2. The minimum absolute atomic E-state index is 0.0212. The van der Waals surface area contributed by atoms with Gasteiger partial charge in [0.25, 0.3) is 0 Å². The molecule has 0 spiro atoms. The zero-order chi connectivity index (χ0) is 19.5.